The van der Waals surface area contributed by atoms with Gasteiger partial charge >= 0.3 is 22.4 Å². The van der Waals surface area contributed by atoms with Crippen molar-refractivity contribution in [2.24, 2.45) is 0 Å². The van der Waals surface area contributed by atoms with Crippen LogP contribution in [0, 0.1) is 0 Å². The Bertz CT molecular complexity index is 463. The summed E-state index contributed by atoms with van der Waals surface area (Å²) in [6.45, 7) is 2.14. The number of rotatable bonds is 2. The van der Waals surface area contributed by atoms with Crippen LogP contribution in [0.5, 0.6) is 0 Å². The van der Waals surface area contributed by atoms with E-state index in [2.05, 4.69) is 5.32 Å². The number of ketones is 1. The molecule has 118 valence electrons. The Morgan fingerprint density at radius 1 is 1.35 bits per heavy atom. The van der Waals surface area contributed by atoms with Crippen molar-refractivity contribution in [1.82, 2.24) is 9.62 Å². The fraction of sp³-hybridized carbons (Fsp3) is 0.750. The smallest absolute Gasteiger partial charge is 0.475 e. The van der Waals surface area contributed by atoms with E-state index in [4.69, 9.17) is 14.5 Å². The van der Waals surface area contributed by atoms with Crippen molar-refractivity contribution in [2.75, 3.05) is 19.6 Å². The number of carbonyl (C=O) groups is 2. The van der Waals surface area contributed by atoms with E-state index in [1.54, 1.807) is 0 Å². The lowest BCUT2D eigenvalue weighted by Crippen LogP contribution is -2.56. The number of piperazine rings is 1. The summed E-state index contributed by atoms with van der Waals surface area (Å²) in [5.74, 6) is -3.03. The first-order valence-electron chi connectivity index (χ1n) is 5.13. The first-order chi connectivity index (χ1) is 8.87. The molecule has 1 fully saturated rings. The van der Waals surface area contributed by atoms with Gasteiger partial charge in [0, 0.05) is 19.6 Å². The molecule has 1 aliphatic heterocycles. The van der Waals surface area contributed by atoms with Gasteiger partial charge in [-0.05, 0) is 6.92 Å². The predicted octanol–water partition coefficient (Wildman–Crippen LogP) is -0.715. The van der Waals surface area contributed by atoms with Gasteiger partial charge in [0.25, 0.3) is 0 Å². The molecule has 0 saturated carbocycles. The molecule has 1 heterocycles. The average Bonchev–Trinajstić information content (AvgIpc) is 2.27. The summed E-state index contributed by atoms with van der Waals surface area (Å²) in [5, 5.41) is 10.0. The second-order valence-corrected chi connectivity index (χ2v) is 5.09. The molecule has 1 aliphatic rings. The van der Waals surface area contributed by atoms with Crippen LogP contribution < -0.4 is 5.32 Å². The van der Waals surface area contributed by atoms with Crippen LogP contribution >= 0.6 is 0 Å². The van der Waals surface area contributed by atoms with Crippen LogP contribution in [0.1, 0.15) is 6.92 Å². The van der Waals surface area contributed by atoms with Crippen molar-refractivity contribution in [3.63, 3.8) is 0 Å². The minimum absolute atomic E-state index is 0.128. The van der Waals surface area contributed by atoms with Gasteiger partial charge in [-0.1, -0.05) is 0 Å². The Hall–Kier alpha value is -1.24. The zero-order valence-corrected chi connectivity index (χ0v) is 11.0. The Labute approximate surface area is 112 Å². The molecule has 0 spiro atoms. The fourth-order valence-corrected chi connectivity index (χ4v) is 2.17. The van der Waals surface area contributed by atoms with Gasteiger partial charge in [-0.25, -0.2) is 4.79 Å². The van der Waals surface area contributed by atoms with E-state index in [1.807, 2.05) is 0 Å². The molecule has 0 radical (unpaired) electrons. The van der Waals surface area contributed by atoms with Crippen LogP contribution in [0.15, 0.2) is 0 Å². The van der Waals surface area contributed by atoms with Gasteiger partial charge in [0.05, 0.1) is 6.04 Å². The molecule has 1 unspecified atom stereocenters. The second kappa shape index (κ2) is 6.97. The van der Waals surface area contributed by atoms with Gasteiger partial charge in [0.15, 0.2) is 0 Å². The molecule has 0 aromatic carbocycles. The maximum atomic E-state index is 11.0. The summed E-state index contributed by atoms with van der Waals surface area (Å²) in [6, 6.07) is -0.774. The normalized spacial score (nSPS) is 20.8. The number of nitrogens with zero attached hydrogens (tertiary/aromatic N) is 1. The van der Waals surface area contributed by atoms with Crippen LogP contribution in [0.25, 0.3) is 0 Å². The molecule has 20 heavy (non-hydrogen) atoms. The van der Waals surface area contributed by atoms with E-state index in [0.29, 0.717) is 6.54 Å². The number of carboxylic acids is 1. The topological polar surface area (TPSA) is 124 Å². The van der Waals surface area contributed by atoms with E-state index in [-0.39, 0.29) is 18.9 Å². The maximum Gasteiger partial charge on any atom is 0.490 e. The third-order valence-electron chi connectivity index (χ3n) is 2.20. The molecular formula is C8H13F3N2O6S. The molecule has 0 aliphatic carbocycles. The third kappa shape index (κ3) is 6.27. The standard InChI is InChI=1S/C6H12N2O4S.C2HF3O2/c1-5(9)6-4-7-2-3-8(6)13(10,11)12;3-2(4,5)1(6)7/h6-7H,2-4H2,1H3,(H,10,11,12);(H,6,7). The zero-order valence-electron chi connectivity index (χ0n) is 10.2. The van der Waals surface area contributed by atoms with E-state index < -0.39 is 28.5 Å². The van der Waals surface area contributed by atoms with E-state index in [9.17, 15) is 26.4 Å². The van der Waals surface area contributed by atoms with Crippen LogP contribution in [0.2, 0.25) is 0 Å². The maximum absolute atomic E-state index is 11.0. The summed E-state index contributed by atoms with van der Waals surface area (Å²) in [5.41, 5.74) is 0. The van der Waals surface area contributed by atoms with Gasteiger partial charge in [-0.3, -0.25) is 9.35 Å². The molecule has 0 aromatic heterocycles. The van der Waals surface area contributed by atoms with Gasteiger partial charge < -0.3 is 10.4 Å². The van der Waals surface area contributed by atoms with Crippen molar-refractivity contribution < 1.29 is 40.8 Å². The van der Waals surface area contributed by atoms with Crippen molar-refractivity contribution in [3.8, 4) is 0 Å². The number of aliphatic carboxylic acids is 1. The summed E-state index contributed by atoms with van der Waals surface area (Å²) in [4.78, 5) is 19.9. The van der Waals surface area contributed by atoms with Crippen molar-refractivity contribution in [3.05, 3.63) is 0 Å². The van der Waals surface area contributed by atoms with Crippen molar-refractivity contribution in [1.29, 1.82) is 0 Å². The molecule has 0 aromatic rings. The highest BCUT2D eigenvalue weighted by molar-refractivity contribution is 7.83. The second-order valence-electron chi connectivity index (χ2n) is 3.72. The molecule has 0 amide bonds. The number of alkyl halides is 3. The van der Waals surface area contributed by atoms with Gasteiger partial charge in [-0.2, -0.15) is 25.9 Å². The number of halogens is 3. The molecule has 3 N–H and O–H groups in total. The Morgan fingerprint density at radius 2 is 1.80 bits per heavy atom. The average molecular weight is 322 g/mol. The van der Waals surface area contributed by atoms with Crippen molar-refractivity contribution >= 4 is 22.1 Å². The van der Waals surface area contributed by atoms with Crippen LogP contribution in [0.4, 0.5) is 13.2 Å². The van der Waals surface area contributed by atoms with E-state index >= 15 is 0 Å². The largest absolute Gasteiger partial charge is 0.490 e. The van der Waals surface area contributed by atoms with E-state index in [1.165, 1.54) is 6.92 Å². The Kier molecular flexibility index (Phi) is 6.53. The fourth-order valence-electron chi connectivity index (χ4n) is 1.31. The molecule has 1 atom stereocenters. The lowest BCUT2D eigenvalue weighted by molar-refractivity contribution is -0.192. The third-order valence-corrected chi connectivity index (χ3v) is 3.23. The minimum Gasteiger partial charge on any atom is -0.475 e. The summed E-state index contributed by atoms with van der Waals surface area (Å²) >= 11 is 0. The Balaban J connectivity index is 0.000000441. The Morgan fingerprint density at radius 3 is 2.05 bits per heavy atom. The van der Waals surface area contributed by atoms with Crippen LogP contribution in [0.3, 0.4) is 0 Å². The molecule has 1 rings (SSSR count). The number of Topliss-reactive ketones (excluding diaryl/α,β-unsaturated/α-hetero) is 1. The number of carbonyl (C=O) groups excluding carboxylic acids is 1. The lowest BCUT2D eigenvalue weighted by Gasteiger charge is -2.31. The first-order valence-corrected chi connectivity index (χ1v) is 6.52. The monoisotopic (exact) mass is 322 g/mol. The highest BCUT2D eigenvalue weighted by Crippen LogP contribution is 2.13. The number of carboxylic acid groups (broad SMARTS) is 1. The van der Waals surface area contributed by atoms with Crippen molar-refractivity contribution in [2.45, 2.75) is 19.1 Å². The predicted molar refractivity (Wildman–Crippen MR) is 59.3 cm³/mol. The number of hydrogen-bond donors (Lipinski definition) is 3. The molecule has 0 bridgehead atoms. The summed E-state index contributed by atoms with van der Waals surface area (Å²) in [6.07, 6.45) is -5.08. The molecular weight excluding hydrogens is 309 g/mol. The highest BCUT2D eigenvalue weighted by Gasteiger charge is 2.38. The number of hydrogen-bond acceptors (Lipinski definition) is 5. The first kappa shape index (κ1) is 18.8. The summed E-state index contributed by atoms with van der Waals surface area (Å²) < 4.78 is 62.9. The molecule has 12 heteroatoms. The van der Waals surface area contributed by atoms with Crippen LogP contribution in [-0.2, 0) is 19.9 Å². The van der Waals surface area contributed by atoms with E-state index in [0.717, 1.165) is 4.31 Å². The SMILES string of the molecule is CC(=O)C1CNCCN1S(=O)(=O)O.O=C(O)C(F)(F)F. The quantitative estimate of drug-likeness (QED) is 0.573. The molecule has 1 saturated heterocycles. The minimum atomic E-state index is -5.08. The lowest BCUT2D eigenvalue weighted by atomic mass is 10.2. The summed E-state index contributed by atoms with van der Waals surface area (Å²) in [7, 11) is -4.25. The van der Waals surface area contributed by atoms with Crippen LogP contribution in [-0.4, -0.2) is 66.0 Å². The van der Waals surface area contributed by atoms with Gasteiger partial charge in [0.2, 0.25) is 0 Å². The molecule has 8 nitrogen and oxygen atoms in total. The number of nitrogens with one attached hydrogen (secondary N) is 1. The zero-order chi connectivity index (χ0) is 16.1. The highest BCUT2D eigenvalue weighted by atomic mass is 32.2. The van der Waals surface area contributed by atoms with Gasteiger partial charge in [-0.15, -0.1) is 0 Å². The van der Waals surface area contributed by atoms with Gasteiger partial charge in [0.1, 0.15) is 5.78 Å².